The van der Waals surface area contributed by atoms with E-state index in [2.05, 4.69) is 17.0 Å². The van der Waals surface area contributed by atoms with Crippen molar-refractivity contribution in [3.05, 3.63) is 42.0 Å². The number of aliphatic hydroxyl groups excluding tert-OH is 1. The van der Waals surface area contributed by atoms with Crippen LogP contribution in [0.5, 0.6) is 5.75 Å². The van der Waals surface area contributed by atoms with E-state index < -0.39 is 17.3 Å². The van der Waals surface area contributed by atoms with Crippen LogP contribution in [0.15, 0.2) is 36.4 Å². The topological polar surface area (TPSA) is 107 Å². The van der Waals surface area contributed by atoms with Crippen LogP contribution in [0.25, 0.3) is 10.8 Å². The van der Waals surface area contributed by atoms with Gasteiger partial charge in [-0.25, -0.2) is 0 Å². The van der Waals surface area contributed by atoms with Crippen LogP contribution in [0.3, 0.4) is 0 Å². The number of piperidine rings is 1. The van der Waals surface area contributed by atoms with Crippen LogP contribution in [0.2, 0.25) is 5.82 Å². The first-order chi connectivity index (χ1) is 13.8. The van der Waals surface area contributed by atoms with Gasteiger partial charge in [0.1, 0.15) is 11.3 Å². The van der Waals surface area contributed by atoms with E-state index in [0.717, 1.165) is 36.0 Å². The zero-order valence-electron chi connectivity index (χ0n) is 16.6. The van der Waals surface area contributed by atoms with E-state index in [1.54, 1.807) is 12.1 Å². The van der Waals surface area contributed by atoms with E-state index in [1.165, 1.54) is 0 Å². The average molecular weight is 396 g/mol. The second-order valence-corrected chi connectivity index (χ2v) is 8.13. The van der Waals surface area contributed by atoms with Crippen molar-refractivity contribution in [2.24, 2.45) is 11.7 Å². The van der Waals surface area contributed by atoms with Crippen molar-refractivity contribution < 1.29 is 20.1 Å². The normalized spacial score (nSPS) is 19.1. The van der Waals surface area contributed by atoms with Gasteiger partial charge < -0.3 is 21.1 Å². The van der Waals surface area contributed by atoms with Crippen molar-refractivity contribution in [3.8, 4) is 5.75 Å². The lowest BCUT2D eigenvalue weighted by Gasteiger charge is -2.43. The molecule has 0 spiro atoms. The Labute approximate surface area is 172 Å². The van der Waals surface area contributed by atoms with Crippen LogP contribution in [-0.4, -0.2) is 59.3 Å². The summed E-state index contributed by atoms with van der Waals surface area (Å²) in [6, 6.07) is 11.5. The Balaban J connectivity index is 1.64. The monoisotopic (exact) mass is 396 g/mol. The van der Waals surface area contributed by atoms with Crippen molar-refractivity contribution in [2.45, 2.75) is 43.6 Å². The molecule has 3 rings (SSSR count). The average Bonchev–Trinajstić information content (AvgIpc) is 2.71. The van der Waals surface area contributed by atoms with Gasteiger partial charge in [-0.2, -0.15) is 0 Å². The van der Waals surface area contributed by atoms with Gasteiger partial charge in [-0.05, 0) is 78.6 Å². The molecule has 2 aromatic rings. The molecular weight excluding hydrogens is 367 g/mol. The van der Waals surface area contributed by atoms with Crippen molar-refractivity contribution in [1.82, 2.24) is 4.90 Å². The molecule has 0 aliphatic carbocycles. The number of aliphatic carboxylic acids is 1. The number of phenolic OH excluding ortho intramolecular Hbond substituents is 1. The summed E-state index contributed by atoms with van der Waals surface area (Å²) in [7, 11) is 6.14. The van der Waals surface area contributed by atoms with Crippen LogP contribution in [-0.2, 0) is 11.3 Å². The molecule has 2 radical (unpaired) electrons. The number of carboxylic acid groups (broad SMARTS) is 1. The summed E-state index contributed by atoms with van der Waals surface area (Å²) in [5.74, 6) is -1.69. The molecule has 1 heterocycles. The molecule has 7 heteroatoms. The minimum absolute atomic E-state index is 0.0224. The van der Waals surface area contributed by atoms with Gasteiger partial charge in [0.2, 0.25) is 0 Å². The standard InChI is InChI=1S/C22H29BN2O4/c23-20(2-1-11-26)22(24,21(28)29)18-7-9-25(10-8-18)14-15-3-4-16-5-6-19(27)13-17(16)12-15/h3-6,12-13,18,20,26-27H,1-2,7-11,14,24H2,(H,28,29). The third-order valence-electron chi connectivity index (χ3n) is 6.21. The van der Waals surface area contributed by atoms with E-state index in [1.807, 2.05) is 12.1 Å². The number of phenols is 1. The van der Waals surface area contributed by atoms with Crippen molar-refractivity contribution >= 4 is 24.6 Å². The largest absolute Gasteiger partial charge is 0.508 e. The van der Waals surface area contributed by atoms with Gasteiger partial charge in [0.25, 0.3) is 0 Å². The molecule has 2 atom stereocenters. The number of aliphatic hydroxyl groups is 1. The lowest BCUT2D eigenvalue weighted by molar-refractivity contribution is -0.147. The van der Waals surface area contributed by atoms with E-state index in [-0.39, 0.29) is 18.3 Å². The number of rotatable bonds is 8. The Morgan fingerprint density at radius 1 is 1.21 bits per heavy atom. The predicted molar refractivity (Wildman–Crippen MR) is 114 cm³/mol. The van der Waals surface area contributed by atoms with Gasteiger partial charge >= 0.3 is 5.97 Å². The van der Waals surface area contributed by atoms with Gasteiger partial charge in [-0.1, -0.05) is 24.6 Å². The first-order valence-corrected chi connectivity index (χ1v) is 10.2. The third-order valence-corrected chi connectivity index (χ3v) is 6.21. The predicted octanol–water partition coefficient (Wildman–Crippen LogP) is 2.27. The number of nitrogens with two attached hydrogens (primary N) is 1. The SMILES string of the molecule is [B]C(CCCO)C(N)(C(=O)O)C1CCN(Cc2ccc3ccc(O)cc3c2)CC1. The lowest BCUT2D eigenvalue weighted by Crippen LogP contribution is -2.59. The molecule has 1 aliphatic rings. The maximum atomic E-state index is 11.9. The molecule has 5 N–H and O–H groups in total. The highest BCUT2D eigenvalue weighted by atomic mass is 16.4. The van der Waals surface area contributed by atoms with Crippen molar-refractivity contribution in [2.75, 3.05) is 19.7 Å². The zero-order valence-corrected chi connectivity index (χ0v) is 16.6. The molecule has 6 nitrogen and oxygen atoms in total. The van der Waals surface area contributed by atoms with Crippen molar-refractivity contribution in [3.63, 3.8) is 0 Å². The number of aromatic hydroxyl groups is 1. The minimum Gasteiger partial charge on any atom is -0.508 e. The van der Waals surface area contributed by atoms with Gasteiger partial charge in [-0.15, -0.1) is 0 Å². The fraction of sp³-hybridized carbons (Fsp3) is 0.500. The summed E-state index contributed by atoms with van der Waals surface area (Å²) in [5.41, 5.74) is 6.01. The van der Waals surface area contributed by atoms with Gasteiger partial charge in [0, 0.05) is 13.2 Å². The molecule has 0 amide bonds. The fourth-order valence-electron chi connectivity index (χ4n) is 4.39. The maximum absolute atomic E-state index is 11.9. The number of carboxylic acids is 1. The van der Waals surface area contributed by atoms with E-state index >= 15 is 0 Å². The molecule has 1 fully saturated rings. The molecule has 0 bridgehead atoms. The Kier molecular flexibility index (Phi) is 6.83. The summed E-state index contributed by atoms with van der Waals surface area (Å²) >= 11 is 0. The van der Waals surface area contributed by atoms with Crippen LogP contribution in [0.4, 0.5) is 0 Å². The Morgan fingerprint density at radius 2 is 1.90 bits per heavy atom. The Bertz CT molecular complexity index is 854. The molecule has 1 saturated heterocycles. The summed E-state index contributed by atoms with van der Waals surface area (Å²) in [5, 5.41) is 30.6. The molecule has 2 aromatic carbocycles. The number of hydrogen-bond donors (Lipinski definition) is 4. The maximum Gasteiger partial charge on any atom is 0.323 e. The molecular formula is C22H29BN2O4. The second-order valence-electron chi connectivity index (χ2n) is 8.13. The van der Waals surface area contributed by atoms with Crippen LogP contribution < -0.4 is 5.73 Å². The molecule has 0 aromatic heterocycles. The van der Waals surface area contributed by atoms with E-state index in [4.69, 9.17) is 18.7 Å². The summed E-state index contributed by atoms with van der Waals surface area (Å²) in [6.07, 6.45) is 2.18. The molecule has 0 saturated carbocycles. The number of carbonyl (C=O) groups is 1. The smallest absolute Gasteiger partial charge is 0.323 e. The summed E-state index contributed by atoms with van der Waals surface area (Å²) < 4.78 is 0. The summed E-state index contributed by atoms with van der Waals surface area (Å²) in [6.45, 7) is 2.24. The molecule has 1 aliphatic heterocycles. The van der Waals surface area contributed by atoms with Gasteiger partial charge in [0.15, 0.2) is 0 Å². The number of nitrogens with zero attached hydrogens (tertiary/aromatic N) is 1. The minimum atomic E-state index is -1.47. The van der Waals surface area contributed by atoms with Gasteiger partial charge in [0.05, 0.1) is 7.85 Å². The second kappa shape index (κ2) is 9.16. The number of benzene rings is 2. The van der Waals surface area contributed by atoms with E-state index in [9.17, 15) is 15.0 Å². The van der Waals surface area contributed by atoms with Crippen LogP contribution >= 0.6 is 0 Å². The highest BCUT2D eigenvalue weighted by Crippen LogP contribution is 2.37. The quantitative estimate of drug-likeness (QED) is 0.510. The molecule has 2 unspecified atom stereocenters. The van der Waals surface area contributed by atoms with Crippen molar-refractivity contribution in [1.29, 1.82) is 0 Å². The Hall–Kier alpha value is -2.09. The van der Waals surface area contributed by atoms with Crippen LogP contribution in [0, 0.1) is 5.92 Å². The first kappa shape index (κ1) is 21.6. The first-order valence-electron chi connectivity index (χ1n) is 10.2. The number of hydrogen-bond acceptors (Lipinski definition) is 5. The van der Waals surface area contributed by atoms with Crippen LogP contribution in [0.1, 0.15) is 31.2 Å². The van der Waals surface area contributed by atoms with Gasteiger partial charge in [-0.3, -0.25) is 9.69 Å². The molecule has 29 heavy (non-hydrogen) atoms. The van der Waals surface area contributed by atoms with E-state index in [0.29, 0.717) is 25.7 Å². The summed E-state index contributed by atoms with van der Waals surface area (Å²) in [4.78, 5) is 14.2. The molecule has 154 valence electrons. The Morgan fingerprint density at radius 3 is 2.55 bits per heavy atom. The zero-order chi connectivity index (χ0) is 21.0. The number of fused-ring (bicyclic) bond motifs is 1. The fourth-order valence-corrected chi connectivity index (χ4v) is 4.39. The third kappa shape index (κ3) is 4.74. The number of likely N-dealkylation sites (tertiary alicyclic amines) is 1. The lowest BCUT2D eigenvalue weighted by atomic mass is 9.61. The highest BCUT2D eigenvalue weighted by Gasteiger charge is 2.46. The highest BCUT2D eigenvalue weighted by molar-refractivity contribution is 6.15.